The molecule has 0 spiro atoms. The van der Waals surface area contributed by atoms with Crippen LogP contribution in [0.5, 0.6) is 0 Å². The van der Waals surface area contributed by atoms with Crippen molar-refractivity contribution in [2.75, 3.05) is 18.0 Å². The van der Waals surface area contributed by atoms with E-state index in [1.54, 1.807) is 0 Å². The lowest BCUT2D eigenvalue weighted by Gasteiger charge is -2.23. The second-order valence-corrected chi connectivity index (χ2v) is 6.36. The van der Waals surface area contributed by atoms with E-state index in [1.807, 2.05) is 18.3 Å². The SMILES string of the molecule is CC12CC1CN(c1ccnc3cc(Cl)ccc13)C2. The summed E-state index contributed by atoms with van der Waals surface area (Å²) in [6.45, 7) is 4.77. The van der Waals surface area contributed by atoms with Crippen LogP contribution in [0.2, 0.25) is 5.02 Å². The van der Waals surface area contributed by atoms with Crippen molar-refractivity contribution in [3.63, 3.8) is 0 Å². The van der Waals surface area contributed by atoms with Crippen LogP contribution in [0.3, 0.4) is 0 Å². The van der Waals surface area contributed by atoms with Crippen LogP contribution < -0.4 is 4.90 Å². The van der Waals surface area contributed by atoms with Crippen LogP contribution in [-0.2, 0) is 0 Å². The van der Waals surface area contributed by atoms with Gasteiger partial charge in [-0.2, -0.15) is 0 Å². The summed E-state index contributed by atoms with van der Waals surface area (Å²) in [5, 5.41) is 1.97. The van der Waals surface area contributed by atoms with Crippen molar-refractivity contribution in [1.29, 1.82) is 0 Å². The van der Waals surface area contributed by atoms with Crippen LogP contribution in [0.25, 0.3) is 10.9 Å². The smallest absolute Gasteiger partial charge is 0.0737 e. The molecule has 2 fully saturated rings. The standard InChI is InChI=1S/C15H15ClN2/c1-15-7-10(15)8-18(9-15)14-4-5-17-13-6-11(16)2-3-12(13)14/h2-6,10H,7-9H2,1H3. The predicted octanol–water partition coefficient (Wildman–Crippen LogP) is 3.73. The van der Waals surface area contributed by atoms with Gasteiger partial charge in [0.1, 0.15) is 0 Å². The first kappa shape index (κ1) is 10.6. The van der Waals surface area contributed by atoms with Crippen LogP contribution in [-0.4, -0.2) is 18.1 Å². The molecule has 4 rings (SSSR count). The molecule has 0 radical (unpaired) electrons. The molecule has 1 saturated carbocycles. The van der Waals surface area contributed by atoms with Gasteiger partial charge in [0.15, 0.2) is 0 Å². The van der Waals surface area contributed by atoms with E-state index < -0.39 is 0 Å². The van der Waals surface area contributed by atoms with Crippen molar-refractivity contribution in [3.05, 3.63) is 35.5 Å². The first-order valence-corrected chi connectivity index (χ1v) is 6.83. The van der Waals surface area contributed by atoms with Crippen LogP contribution >= 0.6 is 11.6 Å². The molecule has 0 N–H and O–H groups in total. The number of anilines is 1. The molecule has 18 heavy (non-hydrogen) atoms. The molecule has 3 heteroatoms. The molecule has 0 bridgehead atoms. The topological polar surface area (TPSA) is 16.1 Å². The fraction of sp³-hybridized carbons (Fsp3) is 0.400. The van der Waals surface area contributed by atoms with Crippen molar-refractivity contribution in [2.45, 2.75) is 13.3 Å². The highest BCUT2D eigenvalue weighted by atomic mass is 35.5. The van der Waals surface area contributed by atoms with E-state index in [4.69, 9.17) is 11.6 Å². The Labute approximate surface area is 112 Å². The van der Waals surface area contributed by atoms with Gasteiger partial charge in [-0.05, 0) is 42.0 Å². The van der Waals surface area contributed by atoms with Crippen LogP contribution in [0.15, 0.2) is 30.5 Å². The predicted molar refractivity (Wildman–Crippen MR) is 75.2 cm³/mol. The summed E-state index contributed by atoms with van der Waals surface area (Å²) in [7, 11) is 0. The third kappa shape index (κ3) is 1.45. The second kappa shape index (κ2) is 3.39. The summed E-state index contributed by atoms with van der Waals surface area (Å²) in [6.07, 6.45) is 3.29. The minimum Gasteiger partial charge on any atom is -0.370 e. The van der Waals surface area contributed by atoms with Crippen LogP contribution in [0, 0.1) is 11.3 Å². The van der Waals surface area contributed by atoms with Crippen molar-refractivity contribution in [1.82, 2.24) is 4.98 Å². The molecule has 2 atom stereocenters. The Morgan fingerprint density at radius 2 is 2.28 bits per heavy atom. The fourth-order valence-corrected chi connectivity index (χ4v) is 3.48. The highest BCUT2D eigenvalue weighted by Gasteiger charge is 2.56. The van der Waals surface area contributed by atoms with Gasteiger partial charge in [0.25, 0.3) is 0 Å². The molecule has 0 amide bonds. The highest BCUT2D eigenvalue weighted by molar-refractivity contribution is 6.31. The third-order valence-corrected chi connectivity index (χ3v) is 4.79. The average molecular weight is 259 g/mol. The minimum absolute atomic E-state index is 0.571. The number of halogens is 1. The number of hydrogen-bond acceptors (Lipinski definition) is 2. The molecule has 2 heterocycles. The van der Waals surface area contributed by atoms with E-state index >= 15 is 0 Å². The summed E-state index contributed by atoms with van der Waals surface area (Å²) in [4.78, 5) is 6.92. The molecule has 2 unspecified atom stereocenters. The molecule has 1 aromatic heterocycles. The Hall–Kier alpha value is -1.28. The minimum atomic E-state index is 0.571. The molecular weight excluding hydrogens is 244 g/mol. The lowest BCUT2D eigenvalue weighted by Crippen LogP contribution is -2.23. The summed E-state index contributed by atoms with van der Waals surface area (Å²) in [5.41, 5.74) is 2.87. The Kier molecular flexibility index (Phi) is 2.00. The van der Waals surface area contributed by atoms with Crippen molar-refractivity contribution in [3.8, 4) is 0 Å². The van der Waals surface area contributed by atoms with Gasteiger partial charge >= 0.3 is 0 Å². The van der Waals surface area contributed by atoms with Gasteiger partial charge in [-0.15, -0.1) is 0 Å². The third-order valence-electron chi connectivity index (χ3n) is 4.55. The van der Waals surface area contributed by atoms with E-state index in [0.29, 0.717) is 5.41 Å². The summed E-state index contributed by atoms with van der Waals surface area (Å²) < 4.78 is 0. The number of benzene rings is 1. The van der Waals surface area contributed by atoms with Gasteiger partial charge < -0.3 is 4.90 Å². The molecule has 92 valence electrons. The lowest BCUT2D eigenvalue weighted by molar-refractivity contribution is 0.597. The Morgan fingerprint density at radius 3 is 3.06 bits per heavy atom. The molecule has 2 aromatic rings. The first-order valence-electron chi connectivity index (χ1n) is 6.45. The zero-order valence-electron chi connectivity index (χ0n) is 10.4. The van der Waals surface area contributed by atoms with Gasteiger partial charge in [0.2, 0.25) is 0 Å². The van der Waals surface area contributed by atoms with Crippen LogP contribution in [0.1, 0.15) is 13.3 Å². The zero-order chi connectivity index (χ0) is 12.3. The van der Waals surface area contributed by atoms with E-state index in [-0.39, 0.29) is 0 Å². The largest absolute Gasteiger partial charge is 0.370 e. The van der Waals surface area contributed by atoms with E-state index in [0.717, 1.165) is 16.5 Å². The van der Waals surface area contributed by atoms with Gasteiger partial charge in [-0.25, -0.2) is 0 Å². The van der Waals surface area contributed by atoms with Crippen molar-refractivity contribution in [2.24, 2.45) is 11.3 Å². The van der Waals surface area contributed by atoms with Gasteiger partial charge in [-0.3, -0.25) is 4.98 Å². The number of aromatic nitrogens is 1. The lowest BCUT2D eigenvalue weighted by atomic mass is 10.1. The second-order valence-electron chi connectivity index (χ2n) is 5.93. The normalized spacial score (nSPS) is 29.7. The zero-order valence-corrected chi connectivity index (χ0v) is 11.1. The average Bonchev–Trinajstić information content (AvgIpc) is 2.86. The molecular formula is C15H15ClN2. The van der Waals surface area contributed by atoms with Gasteiger partial charge in [0, 0.05) is 35.4 Å². The van der Waals surface area contributed by atoms with Crippen molar-refractivity contribution >= 4 is 28.2 Å². The number of pyridine rings is 1. The number of rotatable bonds is 1. The molecule has 1 saturated heterocycles. The molecule has 1 aliphatic heterocycles. The van der Waals surface area contributed by atoms with E-state index in [2.05, 4.69) is 28.9 Å². The summed E-state index contributed by atoms with van der Waals surface area (Å²) in [5.74, 6) is 0.896. The maximum absolute atomic E-state index is 6.03. The fourth-order valence-electron chi connectivity index (χ4n) is 3.31. The summed E-state index contributed by atoms with van der Waals surface area (Å²) in [6, 6.07) is 8.11. The van der Waals surface area contributed by atoms with Crippen molar-refractivity contribution < 1.29 is 0 Å². The maximum atomic E-state index is 6.03. The van der Waals surface area contributed by atoms with Gasteiger partial charge in [-0.1, -0.05) is 18.5 Å². The Balaban J connectivity index is 1.81. The molecule has 1 aromatic carbocycles. The molecule has 2 nitrogen and oxygen atoms in total. The summed E-state index contributed by atoms with van der Waals surface area (Å²) >= 11 is 6.03. The molecule has 2 aliphatic rings. The first-order chi connectivity index (χ1) is 8.66. The Morgan fingerprint density at radius 1 is 1.39 bits per heavy atom. The van der Waals surface area contributed by atoms with Gasteiger partial charge in [0.05, 0.1) is 5.52 Å². The quantitative estimate of drug-likeness (QED) is 0.775. The number of hydrogen-bond donors (Lipinski definition) is 0. The van der Waals surface area contributed by atoms with Crippen LogP contribution in [0.4, 0.5) is 5.69 Å². The van der Waals surface area contributed by atoms with E-state index in [1.165, 1.54) is 30.6 Å². The Bertz CT molecular complexity index is 639. The highest BCUT2D eigenvalue weighted by Crippen LogP contribution is 2.58. The molecule has 1 aliphatic carbocycles. The number of piperidine rings is 1. The van der Waals surface area contributed by atoms with E-state index in [9.17, 15) is 0 Å². The number of fused-ring (bicyclic) bond motifs is 2. The monoisotopic (exact) mass is 258 g/mol. The maximum Gasteiger partial charge on any atom is 0.0737 e. The number of nitrogens with zero attached hydrogens (tertiary/aromatic N) is 2.